The molecule has 0 saturated carbocycles. The van der Waals surface area contributed by atoms with Gasteiger partial charge in [-0.1, -0.05) is 11.8 Å². The van der Waals surface area contributed by atoms with Crippen LogP contribution in [-0.4, -0.2) is 28.3 Å². The van der Waals surface area contributed by atoms with Gasteiger partial charge in [0.25, 0.3) is 0 Å². The predicted molar refractivity (Wildman–Crippen MR) is 85.3 cm³/mol. The number of aryl methyl sites for hydroxylation is 1. The maximum absolute atomic E-state index is 12.0. The highest BCUT2D eigenvalue weighted by molar-refractivity contribution is 14.1. The Morgan fingerprint density at radius 3 is 3.00 bits per heavy atom. The molecule has 0 aromatic carbocycles. The van der Waals surface area contributed by atoms with E-state index in [1.807, 2.05) is 13.0 Å². The fourth-order valence-electron chi connectivity index (χ4n) is 2.02. The first-order valence-corrected chi connectivity index (χ1v) is 8.09. The third-order valence-corrected chi connectivity index (χ3v) is 5.21. The lowest BCUT2D eigenvalue weighted by molar-refractivity contribution is -0.117. The molecule has 2 rings (SSSR count). The molecule has 1 unspecified atom stereocenters. The number of carbonyl (C=O) groups is 2. The highest BCUT2D eigenvalue weighted by Gasteiger charge is 2.31. The number of carbonyl (C=O) groups excluding carboxylic acids is 2. The summed E-state index contributed by atoms with van der Waals surface area (Å²) in [4.78, 5) is 29.0. The highest BCUT2D eigenvalue weighted by Crippen LogP contribution is 2.27. The number of amides is 1. The van der Waals surface area contributed by atoms with E-state index < -0.39 is 0 Å². The first-order valence-electron chi connectivity index (χ1n) is 6.03. The zero-order valence-corrected chi connectivity index (χ0v) is 13.8. The van der Waals surface area contributed by atoms with Gasteiger partial charge in [0.1, 0.15) is 5.82 Å². The standard InChI is InChI=1S/C13H15IN2O2S/c1-8-3-12(15-5-11(8)14)16-6-10(4-13(16)18)7-19-9(2)17/h3,5,10H,4,6-7H2,1-2H3. The van der Waals surface area contributed by atoms with Gasteiger partial charge < -0.3 is 0 Å². The Balaban J connectivity index is 2.07. The summed E-state index contributed by atoms with van der Waals surface area (Å²) in [6.45, 7) is 4.23. The van der Waals surface area contributed by atoms with Gasteiger partial charge in [-0.05, 0) is 47.1 Å². The van der Waals surface area contributed by atoms with Crippen LogP contribution in [0.2, 0.25) is 0 Å². The van der Waals surface area contributed by atoms with E-state index >= 15 is 0 Å². The van der Waals surface area contributed by atoms with E-state index in [9.17, 15) is 9.59 Å². The summed E-state index contributed by atoms with van der Waals surface area (Å²) in [6, 6.07) is 1.94. The van der Waals surface area contributed by atoms with E-state index in [-0.39, 0.29) is 16.9 Å². The van der Waals surface area contributed by atoms with Crippen LogP contribution in [0.25, 0.3) is 0 Å². The largest absolute Gasteiger partial charge is 0.296 e. The molecule has 2 heterocycles. The van der Waals surface area contributed by atoms with Gasteiger partial charge in [0.2, 0.25) is 5.91 Å². The summed E-state index contributed by atoms with van der Waals surface area (Å²) >= 11 is 3.52. The van der Waals surface area contributed by atoms with E-state index in [1.54, 1.807) is 18.0 Å². The Hall–Kier alpha value is -0.630. The number of hydrogen-bond acceptors (Lipinski definition) is 4. The first kappa shape index (κ1) is 14.8. The van der Waals surface area contributed by atoms with Gasteiger partial charge >= 0.3 is 0 Å². The molecule has 1 fully saturated rings. The molecule has 6 heteroatoms. The van der Waals surface area contributed by atoms with Crippen LogP contribution in [0.5, 0.6) is 0 Å². The molecule has 1 amide bonds. The Bertz CT molecular complexity index is 521. The van der Waals surface area contributed by atoms with Gasteiger partial charge in [-0.25, -0.2) is 4.98 Å². The Kier molecular flexibility index (Phi) is 4.83. The smallest absolute Gasteiger partial charge is 0.228 e. The lowest BCUT2D eigenvalue weighted by atomic mass is 10.1. The zero-order chi connectivity index (χ0) is 14.0. The fraction of sp³-hybridized carbons (Fsp3) is 0.462. The highest BCUT2D eigenvalue weighted by atomic mass is 127. The van der Waals surface area contributed by atoms with Crippen molar-refractivity contribution in [3.8, 4) is 0 Å². The van der Waals surface area contributed by atoms with Crippen molar-refractivity contribution < 1.29 is 9.59 Å². The second-order valence-corrected chi connectivity index (χ2v) is 7.03. The molecular formula is C13H15IN2O2S. The van der Waals surface area contributed by atoms with Crippen molar-refractivity contribution in [3.63, 3.8) is 0 Å². The monoisotopic (exact) mass is 390 g/mol. The van der Waals surface area contributed by atoms with E-state index in [0.717, 1.165) is 15.0 Å². The van der Waals surface area contributed by atoms with Crippen molar-refractivity contribution in [2.24, 2.45) is 5.92 Å². The van der Waals surface area contributed by atoms with E-state index in [2.05, 4.69) is 27.6 Å². The second-order valence-electron chi connectivity index (χ2n) is 4.67. The number of nitrogens with zero attached hydrogens (tertiary/aromatic N) is 2. The minimum Gasteiger partial charge on any atom is -0.296 e. The number of aromatic nitrogens is 1. The van der Waals surface area contributed by atoms with Gasteiger partial charge in [-0.15, -0.1) is 0 Å². The third-order valence-electron chi connectivity index (χ3n) is 3.04. The summed E-state index contributed by atoms with van der Waals surface area (Å²) < 4.78 is 1.09. The van der Waals surface area contributed by atoms with Crippen LogP contribution in [-0.2, 0) is 9.59 Å². The molecule has 1 aromatic rings. The Morgan fingerprint density at radius 1 is 1.63 bits per heavy atom. The van der Waals surface area contributed by atoms with Crippen LogP contribution in [0, 0.1) is 16.4 Å². The van der Waals surface area contributed by atoms with Crippen LogP contribution in [0.4, 0.5) is 5.82 Å². The average molecular weight is 390 g/mol. The molecule has 0 spiro atoms. The van der Waals surface area contributed by atoms with E-state index in [1.165, 1.54) is 11.8 Å². The maximum atomic E-state index is 12.0. The molecule has 1 aliphatic heterocycles. The zero-order valence-electron chi connectivity index (χ0n) is 10.9. The fourth-order valence-corrected chi connectivity index (χ4v) is 3.01. The van der Waals surface area contributed by atoms with Gasteiger partial charge in [0.15, 0.2) is 5.12 Å². The van der Waals surface area contributed by atoms with Gasteiger partial charge in [0, 0.05) is 35.4 Å². The lowest BCUT2D eigenvalue weighted by Crippen LogP contribution is -2.25. The molecule has 19 heavy (non-hydrogen) atoms. The summed E-state index contributed by atoms with van der Waals surface area (Å²) in [7, 11) is 0. The van der Waals surface area contributed by atoms with Crippen molar-refractivity contribution in [3.05, 3.63) is 21.4 Å². The molecular weight excluding hydrogens is 375 g/mol. The molecule has 0 aliphatic carbocycles. The number of thioether (sulfide) groups is 1. The normalized spacial score (nSPS) is 19.0. The summed E-state index contributed by atoms with van der Waals surface area (Å²) in [6.07, 6.45) is 2.29. The van der Waals surface area contributed by atoms with Crippen molar-refractivity contribution in [1.29, 1.82) is 0 Å². The number of pyridine rings is 1. The number of rotatable bonds is 3. The summed E-state index contributed by atoms with van der Waals surface area (Å²) in [5.74, 6) is 1.77. The third kappa shape index (κ3) is 3.68. The van der Waals surface area contributed by atoms with Crippen LogP contribution in [0.15, 0.2) is 12.3 Å². The van der Waals surface area contributed by atoms with Crippen LogP contribution >= 0.6 is 34.4 Å². The van der Waals surface area contributed by atoms with Gasteiger partial charge in [0.05, 0.1) is 0 Å². The van der Waals surface area contributed by atoms with E-state index in [0.29, 0.717) is 18.7 Å². The van der Waals surface area contributed by atoms with Crippen molar-refractivity contribution in [2.75, 3.05) is 17.2 Å². The van der Waals surface area contributed by atoms with E-state index in [4.69, 9.17) is 0 Å². The topological polar surface area (TPSA) is 50.3 Å². The first-order chi connectivity index (χ1) is 8.97. The minimum absolute atomic E-state index is 0.0993. The molecule has 4 nitrogen and oxygen atoms in total. The maximum Gasteiger partial charge on any atom is 0.228 e. The van der Waals surface area contributed by atoms with Gasteiger partial charge in [-0.2, -0.15) is 0 Å². The number of anilines is 1. The predicted octanol–water partition coefficient (Wildman–Crippen LogP) is 2.63. The molecule has 1 aromatic heterocycles. The van der Waals surface area contributed by atoms with Crippen molar-refractivity contribution >= 4 is 51.2 Å². The molecule has 1 saturated heterocycles. The Morgan fingerprint density at radius 2 is 2.37 bits per heavy atom. The molecule has 102 valence electrons. The van der Waals surface area contributed by atoms with Crippen molar-refractivity contribution in [1.82, 2.24) is 4.98 Å². The van der Waals surface area contributed by atoms with Crippen molar-refractivity contribution in [2.45, 2.75) is 20.3 Å². The molecule has 0 N–H and O–H groups in total. The lowest BCUT2D eigenvalue weighted by Gasteiger charge is -2.16. The van der Waals surface area contributed by atoms with Crippen LogP contribution in [0.3, 0.4) is 0 Å². The number of hydrogen-bond donors (Lipinski definition) is 0. The quantitative estimate of drug-likeness (QED) is 0.745. The summed E-state index contributed by atoms with van der Waals surface area (Å²) in [5, 5.41) is 0.106. The minimum atomic E-state index is 0.0993. The molecule has 1 aliphatic rings. The van der Waals surface area contributed by atoms with Gasteiger partial charge in [-0.3, -0.25) is 14.5 Å². The molecule has 1 atom stereocenters. The summed E-state index contributed by atoms with van der Waals surface area (Å²) in [5.41, 5.74) is 1.12. The Labute approximate surface area is 130 Å². The SMILES string of the molecule is CC(=O)SCC1CC(=O)N(c2cc(C)c(I)cn2)C1. The number of halogens is 1. The van der Waals surface area contributed by atoms with Crippen LogP contribution in [0.1, 0.15) is 18.9 Å². The van der Waals surface area contributed by atoms with Crippen LogP contribution < -0.4 is 4.90 Å². The average Bonchev–Trinajstić information content (AvgIpc) is 2.72. The molecule has 0 bridgehead atoms. The second kappa shape index (κ2) is 6.21. The molecule has 0 radical (unpaired) electrons.